The molecule has 0 radical (unpaired) electrons. The van der Waals surface area contributed by atoms with Crippen molar-refractivity contribution >= 4 is 67.7 Å². The van der Waals surface area contributed by atoms with Crippen molar-refractivity contribution in [2.24, 2.45) is 22.8 Å². The fraction of sp³-hybridized carbons (Fsp3) is 0.123. The van der Waals surface area contributed by atoms with Gasteiger partial charge in [-0.1, -0.05) is 146 Å². The van der Waals surface area contributed by atoms with Crippen LogP contribution >= 0.6 is 0 Å². The monoisotopic (exact) mass is 825 g/mol. The summed E-state index contributed by atoms with van der Waals surface area (Å²) in [5.74, 6) is 2.94. The lowest BCUT2D eigenvalue weighted by Crippen LogP contribution is -2.18. The number of amidine groups is 1. The molecule has 1 aliphatic heterocycles. The van der Waals surface area contributed by atoms with Crippen molar-refractivity contribution in [3.05, 3.63) is 206 Å². The lowest BCUT2D eigenvalue weighted by Gasteiger charge is -2.26. The molecule has 0 saturated heterocycles. The average Bonchev–Trinajstić information content (AvgIpc) is 3.87. The number of nitrogens with zero attached hydrogens (tertiary/aromatic N) is 4. The highest BCUT2D eigenvalue weighted by molar-refractivity contribution is 6.15. The fourth-order valence-corrected chi connectivity index (χ4v) is 7.67. The lowest BCUT2D eigenvalue weighted by molar-refractivity contribution is 0.669. The lowest BCUT2D eigenvalue weighted by atomic mass is 9.95. The largest absolute Gasteiger partial charge is 0.456 e. The second-order valence-corrected chi connectivity index (χ2v) is 14.6. The van der Waals surface area contributed by atoms with Gasteiger partial charge in [0.1, 0.15) is 11.2 Å². The topological polar surface area (TPSA) is 72.0 Å². The van der Waals surface area contributed by atoms with Gasteiger partial charge in [0, 0.05) is 70.2 Å². The maximum atomic E-state index is 6.12. The summed E-state index contributed by atoms with van der Waals surface area (Å²) in [5, 5.41) is 4.91. The van der Waals surface area contributed by atoms with Gasteiger partial charge in [-0.15, -0.1) is 12.3 Å². The summed E-state index contributed by atoms with van der Waals surface area (Å²) in [6, 6.07) is 47.0. The second kappa shape index (κ2) is 22.8. The molecule has 0 unspecified atom stereocenters. The van der Waals surface area contributed by atoms with E-state index in [9.17, 15) is 0 Å². The van der Waals surface area contributed by atoms with Gasteiger partial charge in [0.15, 0.2) is 5.84 Å². The van der Waals surface area contributed by atoms with Crippen molar-refractivity contribution < 1.29 is 4.42 Å². The molecule has 6 heteroatoms. The molecular formula is C57H55N5O. The van der Waals surface area contributed by atoms with E-state index >= 15 is 0 Å². The average molecular weight is 826 g/mol. The quantitative estimate of drug-likeness (QED) is 0.0753. The Kier molecular flexibility index (Phi) is 16.2. The Bertz CT molecular complexity index is 3000. The van der Waals surface area contributed by atoms with Crippen LogP contribution in [0.3, 0.4) is 0 Å². The van der Waals surface area contributed by atoms with Crippen LogP contribution in [0.25, 0.3) is 54.9 Å². The number of aliphatic imine (C=N–C) groups is 2. The van der Waals surface area contributed by atoms with Crippen molar-refractivity contribution in [1.82, 2.24) is 4.57 Å². The van der Waals surface area contributed by atoms with Gasteiger partial charge < -0.3 is 19.6 Å². The molecule has 0 spiro atoms. The number of anilines is 2. The minimum atomic E-state index is 0.686. The van der Waals surface area contributed by atoms with Crippen LogP contribution in [-0.4, -0.2) is 37.3 Å². The van der Waals surface area contributed by atoms with Crippen molar-refractivity contribution in [2.75, 3.05) is 25.0 Å². The summed E-state index contributed by atoms with van der Waals surface area (Å²) >= 11 is 0. The highest BCUT2D eigenvalue weighted by Gasteiger charge is 2.18. The van der Waals surface area contributed by atoms with E-state index in [1.807, 2.05) is 66.8 Å². The van der Waals surface area contributed by atoms with Crippen LogP contribution in [0.5, 0.6) is 0 Å². The van der Waals surface area contributed by atoms with Crippen LogP contribution < -0.4 is 10.6 Å². The highest BCUT2D eigenvalue weighted by Crippen LogP contribution is 2.40. The number of para-hydroxylation sites is 2. The van der Waals surface area contributed by atoms with Gasteiger partial charge >= 0.3 is 0 Å². The molecule has 1 aliphatic rings. The molecule has 6 aromatic carbocycles. The molecule has 0 atom stereocenters. The number of fused-ring (bicyclic) bond motifs is 7. The molecule has 0 bridgehead atoms. The normalized spacial score (nSPS) is 13.4. The van der Waals surface area contributed by atoms with E-state index in [2.05, 4.69) is 167 Å². The number of terminal acetylenes is 1. The minimum absolute atomic E-state index is 0.686. The third-order valence-electron chi connectivity index (χ3n) is 10.5. The Hall–Kier alpha value is -7.72. The van der Waals surface area contributed by atoms with E-state index in [1.165, 1.54) is 44.2 Å². The Morgan fingerprint density at radius 2 is 1.51 bits per heavy atom. The molecule has 8 aromatic rings. The maximum Gasteiger partial charge on any atom is 0.153 e. The first-order valence-corrected chi connectivity index (χ1v) is 21.1. The Labute approximate surface area is 372 Å². The van der Waals surface area contributed by atoms with Crippen molar-refractivity contribution in [3.8, 4) is 23.5 Å². The molecular weight excluding hydrogens is 771 g/mol. The predicted molar refractivity (Wildman–Crippen MR) is 274 cm³/mol. The van der Waals surface area contributed by atoms with Crippen LogP contribution in [0.1, 0.15) is 24.5 Å². The maximum absolute atomic E-state index is 6.12. The van der Waals surface area contributed by atoms with Gasteiger partial charge in [-0.2, -0.15) is 0 Å². The number of rotatable bonds is 7. The molecule has 6 nitrogen and oxygen atoms in total. The molecule has 9 rings (SSSR count). The van der Waals surface area contributed by atoms with E-state index in [0.29, 0.717) is 5.84 Å². The molecule has 314 valence electrons. The zero-order chi connectivity index (χ0) is 44.4. The van der Waals surface area contributed by atoms with Crippen LogP contribution in [-0.2, 0) is 13.5 Å². The SMILES string of the molecule is C#CC.C=C/C=C\C=C/CCN.C=NC(=NC)c1ccccc1.Cn1c2ccccc2c2c(-c3ccc4c(c3)C/C=C\C=C/CN4c3ccc4oc5ccccc5c4c3)cccc21. The smallest absolute Gasteiger partial charge is 0.153 e. The first kappa shape index (κ1) is 44.8. The molecule has 0 fully saturated rings. The summed E-state index contributed by atoms with van der Waals surface area (Å²) in [7, 11) is 3.87. The van der Waals surface area contributed by atoms with Crippen molar-refractivity contribution in [1.29, 1.82) is 0 Å². The number of hydrogen-bond donors (Lipinski definition) is 1. The number of aromatic nitrogens is 1. The van der Waals surface area contributed by atoms with Crippen LogP contribution in [0, 0.1) is 12.3 Å². The third-order valence-corrected chi connectivity index (χ3v) is 10.5. The van der Waals surface area contributed by atoms with E-state index in [4.69, 9.17) is 10.2 Å². The molecule has 2 aromatic heterocycles. The third kappa shape index (κ3) is 10.8. The van der Waals surface area contributed by atoms with Gasteiger partial charge in [0.2, 0.25) is 0 Å². The van der Waals surface area contributed by atoms with E-state index in [0.717, 1.165) is 59.1 Å². The minimum Gasteiger partial charge on any atom is -0.456 e. The van der Waals surface area contributed by atoms with Gasteiger partial charge in [-0.25, -0.2) is 4.99 Å². The number of nitrogens with two attached hydrogens (primary N) is 1. The molecule has 2 N–H and O–H groups in total. The van der Waals surface area contributed by atoms with Gasteiger partial charge in [0.25, 0.3) is 0 Å². The fourth-order valence-electron chi connectivity index (χ4n) is 7.67. The number of benzene rings is 6. The van der Waals surface area contributed by atoms with E-state index < -0.39 is 0 Å². The first-order valence-electron chi connectivity index (χ1n) is 21.1. The number of hydrogen-bond acceptors (Lipinski definition) is 4. The van der Waals surface area contributed by atoms with Gasteiger partial charge in [-0.3, -0.25) is 4.99 Å². The van der Waals surface area contributed by atoms with Gasteiger partial charge in [0.05, 0.1) is 0 Å². The summed E-state index contributed by atoms with van der Waals surface area (Å²) in [4.78, 5) is 10.2. The highest BCUT2D eigenvalue weighted by atomic mass is 16.3. The predicted octanol–water partition coefficient (Wildman–Crippen LogP) is 13.7. The summed E-state index contributed by atoms with van der Waals surface area (Å²) in [6.45, 7) is 10.1. The zero-order valence-electron chi connectivity index (χ0n) is 36.5. The van der Waals surface area contributed by atoms with Gasteiger partial charge in [-0.05, 0) is 98.2 Å². The summed E-state index contributed by atoms with van der Waals surface area (Å²) in [6.07, 6.45) is 24.8. The second-order valence-electron chi connectivity index (χ2n) is 14.6. The summed E-state index contributed by atoms with van der Waals surface area (Å²) in [5.41, 5.74) is 16.8. The molecule has 0 saturated carbocycles. The standard InChI is InChI=1S/C37H28N2O.C9H10N2.C8H13N.C3H4/c1-38-33-15-7-5-13-30(33)37-28(14-10-16-34(37)38)25-18-20-32-26(23-25)11-4-2-3-9-22-39(32)27-19-21-36-31(24-27)29-12-6-8-17-35(29)40-36;1-10-9(11-2)8-6-4-3-5-7-8;1-2-3-4-5-6-7-8-9;1-3-2/h2-10,12-21,23-24H,11,22H2,1H3;3-7H,1H2,2H3;2-6H,1,7-9H2;1H,2H3/b4-2-,9-3-;;4-3-,6-5-;. The Morgan fingerprint density at radius 3 is 2.27 bits per heavy atom. The van der Waals surface area contributed by atoms with E-state index in [1.54, 1.807) is 20.0 Å². The number of aryl methyl sites for hydroxylation is 1. The van der Waals surface area contributed by atoms with E-state index in [-0.39, 0.29) is 0 Å². The Morgan fingerprint density at radius 1 is 0.794 bits per heavy atom. The summed E-state index contributed by atoms with van der Waals surface area (Å²) < 4.78 is 8.42. The molecule has 63 heavy (non-hydrogen) atoms. The van der Waals surface area contributed by atoms with Crippen LogP contribution in [0.2, 0.25) is 0 Å². The first-order chi connectivity index (χ1) is 31.0. The molecule has 0 aliphatic carbocycles. The molecule has 0 amide bonds. The number of furan rings is 1. The van der Waals surface area contributed by atoms with Crippen LogP contribution in [0.15, 0.2) is 209 Å². The van der Waals surface area contributed by atoms with Crippen LogP contribution in [0.4, 0.5) is 11.4 Å². The Balaban J connectivity index is 0.000000237. The zero-order valence-corrected chi connectivity index (χ0v) is 36.5. The number of allylic oxidation sites excluding steroid dienone is 7. The van der Waals surface area contributed by atoms with Crippen molar-refractivity contribution in [2.45, 2.75) is 19.8 Å². The van der Waals surface area contributed by atoms with Crippen molar-refractivity contribution in [3.63, 3.8) is 0 Å². The molecule has 3 heterocycles.